The average molecular weight is 146 g/mol. The van der Waals surface area contributed by atoms with Gasteiger partial charge in [-0.25, -0.2) is 0 Å². The minimum absolute atomic E-state index is 0.0121. The quantitative estimate of drug-likeness (QED) is 0.312. The Morgan fingerprint density at radius 2 is 2.10 bits per heavy atom. The molecule has 0 bridgehead atoms. The van der Waals surface area contributed by atoms with E-state index in [4.69, 9.17) is 20.7 Å². The highest BCUT2D eigenvalue weighted by atomic mass is 16.7. The van der Waals surface area contributed by atoms with Gasteiger partial charge < -0.3 is 9.57 Å². The van der Waals surface area contributed by atoms with E-state index in [0.717, 1.165) is 13.1 Å². The number of rotatable bonds is 1. The highest BCUT2D eigenvalue weighted by Gasteiger charge is 2.13. The molecule has 10 heavy (non-hydrogen) atoms. The Morgan fingerprint density at radius 1 is 1.50 bits per heavy atom. The van der Waals surface area contributed by atoms with Crippen molar-refractivity contribution in [3.8, 4) is 0 Å². The van der Waals surface area contributed by atoms with Gasteiger partial charge in [-0.1, -0.05) is 0 Å². The monoisotopic (exact) mass is 146 g/mol. The summed E-state index contributed by atoms with van der Waals surface area (Å²) < 4.78 is 5.07. The number of hydrogen-bond acceptors (Lipinski definition) is 3. The third-order valence-electron chi connectivity index (χ3n) is 1.20. The molecular weight excluding hydrogens is 134 g/mol. The van der Waals surface area contributed by atoms with Crippen LogP contribution in [0.1, 0.15) is 0 Å². The molecule has 5 nitrogen and oxygen atoms in total. The maximum absolute atomic E-state index is 5.11. The fourth-order valence-corrected chi connectivity index (χ4v) is 0.787. The van der Waals surface area contributed by atoms with Crippen LogP contribution in [0.5, 0.6) is 0 Å². The normalized spacial score (nSPS) is 20.4. The van der Waals surface area contributed by atoms with Crippen molar-refractivity contribution >= 4 is 6.02 Å². The van der Waals surface area contributed by atoms with Crippen molar-refractivity contribution in [3.63, 3.8) is 0 Å². The molecule has 1 aliphatic rings. The van der Waals surface area contributed by atoms with Crippen molar-refractivity contribution in [2.45, 2.75) is 0 Å². The minimum Gasteiger partial charge on any atom is -0.379 e. The molecule has 1 aliphatic heterocycles. The van der Waals surface area contributed by atoms with Crippen molar-refractivity contribution in [1.29, 1.82) is 0 Å². The molecule has 0 aromatic carbocycles. The largest absolute Gasteiger partial charge is 0.457 e. The predicted molar refractivity (Wildman–Crippen MR) is 34.6 cm³/mol. The summed E-state index contributed by atoms with van der Waals surface area (Å²) in [5.41, 5.74) is 5.11. The lowest BCUT2D eigenvalue weighted by Crippen LogP contribution is -2.52. The number of nitrogens with two attached hydrogens (primary N) is 2. The molecule has 0 spiro atoms. The number of nitrogens with zero attached hydrogens (tertiary/aromatic N) is 1. The molecule has 1 rings (SSSR count). The van der Waals surface area contributed by atoms with E-state index in [0.29, 0.717) is 13.2 Å². The van der Waals surface area contributed by atoms with E-state index in [1.165, 1.54) is 0 Å². The first kappa shape index (κ1) is 7.30. The Bertz CT molecular complexity index is 122. The van der Waals surface area contributed by atoms with Gasteiger partial charge in [0.2, 0.25) is 0 Å². The molecule has 1 heterocycles. The molecule has 0 saturated carbocycles. The van der Waals surface area contributed by atoms with Crippen LogP contribution in [-0.2, 0) is 9.57 Å². The van der Waals surface area contributed by atoms with Crippen molar-refractivity contribution in [2.24, 2.45) is 5.73 Å². The standard InChI is InChI=1S/C5H11N3O2/c6-5(7)10-8-1-3-9-4-2-8/h1-4H2,(H3,6,7)/p+1. The van der Waals surface area contributed by atoms with Gasteiger partial charge in [0.1, 0.15) is 0 Å². The zero-order valence-electron chi connectivity index (χ0n) is 5.75. The number of hydroxylamine groups is 2. The summed E-state index contributed by atoms with van der Waals surface area (Å²) in [4.78, 5) is 4.92. The fourth-order valence-electron chi connectivity index (χ4n) is 0.787. The summed E-state index contributed by atoms with van der Waals surface area (Å²) in [6.45, 7) is 2.79. The van der Waals surface area contributed by atoms with Gasteiger partial charge in [0.05, 0.1) is 26.3 Å². The van der Waals surface area contributed by atoms with Gasteiger partial charge in [-0.15, -0.1) is 5.06 Å². The Kier molecular flexibility index (Phi) is 2.47. The van der Waals surface area contributed by atoms with E-state index in [-0.39, 0.29) is 6.02 Å². The molecule has 1 saturated heterocycles. The maximum Gasteiger partial charge on any atom is 0.457 e. The molecule has 58 valence electrons. The van der Waals surface area contributed by atoms with Crippen LogP contribution in [0.2, 0.25) is 0 Å². The lowest BCUT2D eigenvalue weighted by Gasteiger charge is -2.23. The van der Waals surface area contributed by atoms with Gasteiger partial charge in [-0.05, 0) is 0 Å². The van der Waals surface area contributed by atoms with E-state index < -0.39 is 0 Å². The Morgan fingerprint density at radius 3 is 2.60 bits per heavy atom. The molecule has 5 heteroatoms. The lowest BCUT2D eigenvalue weighted by molar-refractivity contribution is -0.204. The van der Waals surface area contributed by atoms with Gasteiger partial charge >= 0.3 is 6.02 Å². The number of hydrogen-bond donors (Lipinski definition) is 2. The van der Waals surface area contributed by atoms with Crippen LogP contribution in [0, 0.1) is 0 Å². The van der Waals surface area contributed by atoms with Crippen LogP contribution in [0.4, 0.5) is 0 Å². The molecule has 0 aromatic rings. The van der Waals surface area contributed by atoms with E-state index in [9.17, 15) is 0 Å². The highest BCUT2D eigenvalue weighted by Crippen LogP contribution is 1.95. The SMILES string of the molecule is NC(=[NH2+])ON1CCOCC1. The minimum atomic E-state index is -0.0121. The Hall–Kier alpha value is -0.810. The van der Waals surface area contributed by atoms with Gasteiger partial charge in [-0.3, -0.25) is 11.1 Å². The predicted octanol–water partition coefficient (Wildman–Crippen LogP) is -2.68. The second-order valence-corrected chi connectivity index (χ2v) is 2.04. The molecule has 0 unspecified atom stereocenters. The van der Waals surface area contributed by atoms with Gasteiger partial charge in [0.15, 0.2) is 0 Å². The molecule has 0 aliphatic carbocycles. The molecule has 1 fully saturated rings. The lowest BCUT2D eigenvalue weighted by atomic mass is 10.5. The summed E-state index contributed by atoms with van der Waals surface area (Å²) in [6, 6.07) is -0.0121. The number of amidine groups is 1. The highest BCUT2D eigenvalue weighted by molar-refractivity contribution is 5.63. The maximum atomic E-state index is 5.11. The second kappa shape index (κ2) is 3.38. The van der Waals surface area contributed by atoms with Crippen molar-refractivity contribution in [3.05, 3.63) is 0 Å². The zero-order chi connectivity index (χ0) is 7.40. The summed E-state index contributed by atoms with van der Waals surface area (Å²) in [5, 5.41) is 6.79. The van der Waals surface area contributed by atoms with Crippen molar-refractivity contribution in [2.75, 3.05) is 26.3 Å². The third-order valence-corrected chi connectivity index (χ3v) is 1.20. The van der Waals surface area contributed by atoms with Crippen LogP contribution in [0.25, 0.3) is 0 Å². The molecule has 0 radical (unpaired) electrons. The van der Waals surface area contributed by atoms with Crippen LogP contribution in [0.3, 0.4) is 0 Å². The topological polar surface area (TPSA) is 73.3 Å². The smallest absolute Gasteiger partial charge is 0.379 e. The first-order chi connectivity index (χ1) is 4.79. The number of morpholine rings is 1. The second-order valence-electron chi connectivity index (χ2n) is 2.04. The van der Waals surface area contributed by atoms with E-state index in [2.05, 4.69) is 0 Å². The van der Waals surface area contributed by atoms with Gasteiger partial charge in [-0.2, -0.15) is 0 Å². The van der Waals surface area contributed by atoms with Crippen LogP contribution in [0.15, 0.2) is 0 Å². The number of ether oxygens (including phenoxy) is 1. The summed E-state index contributed by atoms with van der Waals surface area (Å²) in [6.07, 6.45) is 0. The molecule has 0 atom stereocenters. The van der Waals surface area contributed by atoms with E-state index >= 15 is 0 Å². The molecule has 4 N–H and O–H groups in total. The van der Waals surface area contributed by atoms with E-state index in [1.807, 2.05) is 0 Å². The van der Waals surface area contributed by atoms with Crippen LogP contribution >= 0.6 is 0 Å². The van der Waals surface area contributed by atoms with Crippen LogP contribution < -0.4 is 11.1 Å². The van der Waals surface area contributed by atoms with Gasteiger partial charge in [0.25, 0.3) is 0 Å². The fraction of sp³-hybridized carbons (Fsp3) is 0.800. The van der Waals surface area contributed by atoms with Gasteiger partial charge in [0, 0.05) is 0 Å². The van der Waals surface area contributed by atoms with Crippen molar-refractivity contribution in [1.82, 2.24) is 5.06 Å². The van der Waals surface area contributed by atoms with E-state index in [1.54, 1.807) is 5.06 Å². The average Bonchev–Trinajstić information content (AvgIpc) is 1.88. The summed E-state index contributed by atoms with van der Waals surface area (Å²) >= 11 is 0. The zero-order valence-corrected chi connectivity index (χ0v) is 5.75. The summed E-state index contributed by atoms with van der Waals surface area (Å²) in [7, 11) is 0. The molecule has 0 aromatic heterocycles. The van der Waals surface area contributed by atoms with Crippen LogP contribution in [-0.4, -0.2) is 37.4 Å². The molecule has 0 amide bonds. The Balaban J connectivity index is 2.19. The Labute approximate surface area is 59.2 Å². The third kappa shape index (κ3) is 2.20. The molecular formula is C5H12N3O2+. The van der Waals surface area contributed by atoms with Crippen molar-refractivity contribution < 1.29 is 15.0 Å². The first-order valence-corrected chi connectivity index (χ1v) is 3.17. The summed E-state index contributed by atoms with van der Waals surface area (Å²) in [5.74, 6) is 0. The first-order valence-electron chi connectivity index (χ1n) is 3.17.